The first-order chi connectivity index (χ1) is 12.6. The molecule has 26 heavy (non-hydrogen) atoms. The fourth-order valence-corrected chi connectivity index (χ4v) is 3.19. The molecule has 0 aliphatic carbocycles. The Balaban J connectivity index is 1.47. The van der Waals surface area contributed by atoms with Crippen LogP contribution in [0.2, 0.25) is 0 Å². The number of aromatic nitrogens is 2. The van der Waals surface area contributed by atoms with Crippen molar-refractivity contribution in [3.63, 3.8) is 0 Å². The van der Waals surface area contributed by atoms with E-state index >= 15 is 0 Å². The monoisotopic (exact) mass is 350 g/mol. The molecule has 1 heterocycles. The Bertz CT molecular complexity index is 849. The molecule has 3 aromatic rings. The van der Waals surface area contributed by atoms with Crippen molar-refractivity contribution >= 4 is 11.0 Å². The van der Waals surface area contributed by atoms with E-state index in [1.807, 2.05) is 6.33 Å². The number of hydrogen-bond donors (Lipinski definition) is 0. The highest BCUT2D eigenvalue weighted by Gasteiger charge is 2.05. The zero-order valence-corrected chi connectivity index (χ0v) is 16.5. The lowest BCUT2D eigenvalue weighted by molar-refractivity contribution is 0.303. The van der Waals surface area contributed by atoms with E-state index in [0.717, 1.165) is 37.3 Å². The Morgan fingerprint density at radius 2 is 1.77 bits per heavy atom. The summed E-state index contributed by atoms with van der Waals surface area (Å²) in [6.45, 7) is 10.5. The van der Waals surface area contributed by atoms with Gasteiger partial charge in [0.15, 0.2) is 0 Å². The quantitative estimate of drug-likeness (QED) is 0.464. The summed E-state index contributed by atoms with van der Waals surface area (Å²) < 4.78 is 8.14. The Morgan fingerprint density at radius 3 is 2.50 bits per heavy atom. The van der Waals surface area contributed by atoms with Crippen molar-refractivity contribution in [2.24, 2.45) is 0 Å². The number of nitrogens with zero attached hydrogens (tertiary/aromatic N) is 2. The Labute approximate surface area is 157 Å². The molecule has 0 saturated carbocycles. The molecule has 1 aromatic heterocycles. The fraction of sp³-hybridized carbons (Fsp3) is 0.435. The van der Waals surface area contributed by atoms with Gasteiger partial charge in [0.25, 0.3) is 0 Å². The summed E-state index contributed by atoms with van der Waals surface area (Å²) in [6.07, 6.45) is 5.25. The maximum atomic E-state index is 5.89. The van der Waals surface area contributed by atoms with Crippen LogP contribution in [0.3, 0.4) is 0 Å². The number of ether oxygens (including phenoxy) is 1. The van der Waals surface area contributed by atoms with Crippen LogP contribution in [-0.4, -0.2) is 16.2 Å². The lowest BCUT2D eigenvalue weighted by atomic mass is 9.99. The maximum Gasteiger partial charge on any atom is 0.119 e. The first-order valence-corrected chi connectivity index (χ1v) is 9.73. The lowest BCUT2D eigenvalue weighted by Gasteiger charge is -2.11. The molecule has 0 saturated heterocycles. The van der Waals surface area contributed by atoms with Crippen LogP contribution in [0, 0.1) is 13.8 Å². The van der Waals surface area contributed by atoms with Crippen molar-refractivity contribution in [1.29, 1.82) is 0 Å². The van der Waals surface area contributed by atoms with Crippen molar-refractivity contribution in [1.82, 2.24) is 9.55 Å². The standard InChI is InChI=1S/C23H30N2O/c1-5-17(2)20-8-10-21(11-9-20)26-13-7-6-12-25-16-24-22-14-18(3)19(4)15-23(22)25/h8-11,14-17H,5-7,12-13H2,1-4H3. The smallest absolute Gasteiger partial charge is 0.119 e. The van der Waals surface area contributed by atoms with Crippen LogP contribution >= 0.6 is 0 Å². The van der Waals surface area contributed by atoms with E-state index in [0.29, 0.717) is 5.92 Å². The third-order valence-corrected chi connectivity index (χ3v) is 5.36. The summed E-state index contributed by atoms with van der Waals surface area (Å²) in [5, 5.41) is 0. The highest BCUT2D eigenvalue weighted by Crippen LogP contribution is 2.22. The zero-order chi connectivity index (χ0) is 18.5. The molecule has 3 heteroatoms. The highest BCUT2D eigenvalue weighted by atomic mass is 16.5. The number of hydrogen-bond acceptors (Lipinski definition) is 2. The van der Waals surface area contributed by atoms with Gasteiger partial charge in [-0.2, -0.15) is 0 Å². The van der Waals surface area contributed by atoms with Gasteiger partial charge >= 0.3 is 0 Å². The van der Waals surface area contributed by atoms with E-state index in [1.165, 1.54) is 28.6 Å². The molecule has 3 nitrogen and oxygen atoms in total. The molecular formula is C23H30N2O. The molecule has 1 atom stereocenters. The third kappa shape index (κ3) is 4.27. The van der Waals surface area contributed by atoms with Crippen LogP contribution in [0.25, 0.3) is 11.0 Å². The van der Waals surface area contributed by atoms with Crippen LogP contribution in [0.4, 0.5) is 0 Å². The molecule has 0 amide bonds. The van der Waals surface area contributed by atoms with Gasteiger partial charge in [-0.25, -0.2) is 4.98 Å². The molecule has 0 fully saturated rings. The molecule has 0 aliphatic heterocycles. The molecule has 0 N–H and O–H groups in total. The highest BCUT2D eigenvalue weighted by molar-refractivity contribution is 5.77. The van der Waals surface area contributed by atoms with Gasteiger partial charge in [-0.05, 0) is 80.0 Å². The van der Waals surface area contributed by atoms with E-state index in [-0.39, 0.29) is 0 Å². The SMILES string of the molecule is CCC(C)c1ccc(OCCCCn2cnc3cc(C)c(C)cc32)cc1. The minimum Gasteiger partial charge on any atom is -0.494 e. The average Bonchev–Trinajstić information content (AvgIpc) is 3.03. The van der Waals surface area contributed by atoms with Gasteiger partial charge in [-0.3, -0.25) is 0 Å². The molecular weight excluding hydrogens is 320 g/mol. The van der Waals surface area contributed by atoms with Crippen molar-refractivity contribution in [2.75, 3.05) is 6.61 Å². The Morgan fingerprint density at radius 1 is 1.04 bits per heavy atom. The number of rotatable bonds is 8. The number of imidazole rings is 1. The number of unbranched alkanes of at least 4 members (excludes halogenated alkanes) is 1. The predicted molar refractivity (Wildman–Crippen MR) is 109 cm³/mol. The maximum absolute atomic E-state index is 5.89. The zero-order valence-electron chi connectivity index (χ0n) is 16.5. The van der Waals surface area contributed by atoms with Crippen LogP contribution in [0.5, 0.6) is 5.75 Å². The van der Waals surface area contributed by atoms with Crippen molar-refractivity contribution in [3.05, 3.63) is 59.4 Å². The van der Waals surface area contributed by atoms with Crippen LogP contribution in [0.15, 0.2) is 42.7 Å². The Hall–Kier alpha value is -2.29. The van der Waals surface area contributed by atoms with Crippen LogP contribution < -0.4 is 4.74 Å². The van der Waals surface area contributed by atoms with Gasteiger partial charge in [-0.15, -0.1) is 0 Å². The number of benzene rings is 2. The van der Waals surface area contributed by atoms with Crippen LogP contribution in [0.1, 0.15) is 55.7 Å². The molecule has 0 spiro atoms. The normalized spacial score (nSPS) is 12.5. The molecule has 0 bridgehead atoms. The molecule has 1 unspecified atom stereocenters. The third-order valence-electron chi connectivity index (χ3n) is 5.36. The van der Waals surface area contributed by atoms with Crippen molar-refractivity contribution < 1.29 is 4.74 Å². The Kier molecular flexibility index (Phi) is 5.97. The summed E-state index contributed by atoms with van der Waals surface area (Å²) in [4.78, 5) is 4.53. The first kappa shape index (κ1) is 18.5. The topological polar surface area (TPSA) is 27.1 Å². The van der Waals surface area contributed by atoms with E-state index < -0.39 is 0 Å². The van der Waals surface area contributed by atoms with Gasteiger partial charge in [0, 0.05) is 6.54 Å². The summed E-state index contributed by atoms with van der Waals surface area (Å²) in [7, 11) is 0. The predicted octanol–water partition coefficient (Wildman–Crippen LogP) is 6.03. The largest absolute Gasteiger partial charge is 0.494 e. The molecule has 0 aliphatic rings. The van der Waals surface area contributed by atoms with Crippen molar-refractivity contribution in [2.45, 2.75) is 59.4 Å². The summed E-state index contributed by atoms with van der Waals surface area (Å²) in [6, 6.07) is 13.0. The van der Waals surface area contributed by atoms with Gasteiger partial charge < -0.3 is 9.30 Å². The molecule has 2 aromatic carbocycles. The second kappa shape index (κ2) is 8.39. The molecule has 138 valence electrons. The number of fused-ring (bicyclic) bond motifs is 1. The van der Waals surface area contributed by atoms with Gasteiger partial charge in [-0.1, -0.05) is 26.0 Å². The van der Waals surface area contributed by atoms with Crippen LogP contribution in [-0.2, 0) is 6.54 Å². The van der Waals surface area contributed by atoms with E-state index in [1.54, 1.807) is 0 Å². The van der Waals surface area contributed by atoms with Gasteiger partial charge in [0.2, 0.25) is 0 Å². The van der Waals surface area contributed by atoms with E-state index in [4.69, 9.17) is 4.74 Å². The summed E-state index contributed by atoms with van der Waals surface area (Å²) in [5.41, 5.74) is 6.33. The second-order valence-corrected chi connectivity index (χ2v) is 7.30. The average molecular weight is 351 g/mol. The van der Waals surface area contributed by atoms with E-state index in [2.05, 4.69) is 73.6 Å². The van der Waals surface area contributed by atoms with Gasteiger partial charge in [0.05, 0.1) is 24.0 Å². The number of aryl methyl sites for hydroxylation is 3. The minimum absolute atomic E-state index is 0.612. The minimum atomic E-state index is 0.612. The van der Waals surface area contributed by atoms with Crippen molar-refractivity contribution in [3.8, 4) is 5.75 Å². The molecule has 0 radical (unpaired) electrons. The van der Waals surface area contributed by atoms with E-state index in [9.17, 15) is 0 Å². The van der Waals surface area contributed by atoms with Gasteiger partial charge in [0.1, 0.15) is 5.75 Å². The summed E-state index contributed by atoms with van der Waals surface area (Å²) in [5.74, 6) is 1.58. The second-order valence-electron chi connectivity index (χ2n) is 7.30. The molecule has 3 rings (SSSR count). The first-order valence-electron chi connectivity index (χ1n) is 9.73. The fourth-order valence-electron chi connectivity index (χ4n) is 3.19. The summed E-state index contributed by atoms with van der Waals surface area (Å²) >= 11 is 0. The lowest BCUT2D eigenvalue weighted by Crippen LogP contribution is -2.02.